The summed E-state index contributed by atoms with van der Waals surface area (Å²) in [5.74, 6) is -0.727. The fraction of sp³-hybridized carbons (Fsp3) is 0.222. The zero-order valence-corrected chi connectivity index (χ0v) is 15.4. The average Bonchev–Trinajstić information content (AvgIpc) is 2.98. The van der Waals surface area contributed by atoms with Crippen LogP contribution in [0.1, 0.15) is 12.0 Å². The summed E-state index contributed by atoms with van der Waals surface area (Å²) in [5.41, 5.74) is 1.48. The summed E-state index contributed by atoms with van der Waals surface area (Å²) in [6, 6.07) is 12.3. The monoisotopic (exact) mass is 396 g/mol. The fourth-order valence-corrected chi connectivity index (χ4v) is 3.28. The molecule has 0 aliphatic carbocycles. The molecule has 1 aliphatic heterocycles. The van der Waals surface area contributed by atoms with Crippen molar-refractivity contribution in [2.75, 3.05) is 11.4 Å². The van der Waals surface area contributed by atoms with Gasteiger partial charge in [-0.1, -0.05) is 53.0 Å². The molecule has 1 saturated heterocycles. The molecule has 2 aromatic rings. The van der Waals surface area contributed by atoms with E-state index in [1.54, 1.807) is 30.3 Å². The van der Waals surface area contributed by atoms with Crippen molar-refractivity contribution in [2.24, 2.45) is 5.92 Å². The zero-order chi connectivity index (χ0) is 18.0. The fourth-order valence-electron chi connectivity index (χ4n) is 2.75. The van der Waals surface area contributed by atoms with Crippen molar-refractivity contribution in [2.45, 2.75) is 13.0 Å². The van der Waals surface area contributed by atoms with Crippen molar-refractivity contribution in [3.05, 3.63) is 63.1 Å². The Morgan fingerprint density at radius 1 is 1.12 bits per heavy atom. The Bertz CT molecular complexity index is 808. The lowest BCUT2D eigenvalue weighted by Gasteiger charge is -2.18. The summed E-state index contributed by atoms with van der Waals surface area (Å²) in [7, 11) is 0. The van der Waals surface area contributed by atoms with Gasteiger partial charge in [-0.2, -0.15) is 0 Å². The molecule has 1 heterocycles. The predicted octanol–water partition coefficient (Wildman–Crippen LogP) is 4.32. The number of nitrogens with one attached hydrogen (secondary N) is 1. The van der Waals surface area contributed by atoms with Gasteiger partial charge in [0.2, 0.25) is 11.8 Å². The van der Waals surface area contributed by atoms with Crippen LogP contribution in [0.15, 0.2) is 42.5 Å². The smallest absolute Gasteiger partial charge is 0.227 e. The molecule has 25 heavy (non-hydrogen) atoms. The normalized spacial score (nSPS) is 17.0. The van der Waals surface area contributed by atoms with E-state index in [4.69, 9.17) is 34.8 Å². The maximum absolute atomic E-state index is 12.4. The van der Waals surface area contributed by atoms with Crippen molar-refractivity contribution in [1.82, 2.24) is 5.32 Å². The number of benzene rings is 2. The van der Waals surface area contributed by atoms with Crippen molar-refractivity contribution < 1.29 is 9.59 Å². The van der Waals surface area contributed by atoms with Crippen LogP contribution >= 0.6 is 34.8 Å². The van der Waals surface area contributed by atoms with E-state index in [0.29, 0.717) is 27.3 Å². The molecule has 3 rings (SSSR count). The third-order valence-corrected chi connectivity index (χ3v) is 5.16. The zero-order valence-electron chi connectivity index (χ0n) is 13.1. The van der Waals surface area contributed by atoms with Crippen LogP contribution in [0.3, 0.4) is 0 Å². The van der Waals surface area contributed by atoms with Gasteiger partial charge >= 0.3 is 0 Å². The van der Waals surface area contributed by atoms with Gasteiger partial charge in [0.1, 0.15) is 0 Å². The molecule has 0 aromatic heterocycles. The minimum atomic E-state index is -0.421. The van der Waals surface area contributed by atoms with E-state index >= 15 is 0 Å². The van der Waals surface area contributed by atoms with Gasteiger partial charge < -0.3 is 10.2 Å². The van der Waals surface area contributed by atoms with Crippen LogP contribution in [0.4, 0.5) is 5.69 Å². The van der Waals surface area contributed by atoms with E-state index in [2.05, 4.69) is 5.32 Å². The Morgan fingerprint density at radius 2 is 1.84 bits per heavy atom. The molecular weight excluding hydrogens is 383 g/mol. The second kappa shape index (κ2) is 7.65. The Balaban J connectivity index is 1.64. The van der Waals surface area contributed by atoms with Gasteiger partial charge in [-0.15, -0.1) is 0 Å². The molecule has 7 heteroatoms. The third kappa shape index (κ3) is 4.09. The summed E-state index contributed by atoms with van der Waals surface area (Å²) >= 11 is 18.0. The average molecular weight is 398 g/mol. The number of nitrogens with zero attached hydrogens (tertiary/aromatic N) is 1. The Labute approximate surface area is 160 Å². The molecule has 4 nitrogen and oxygen atoms in total. The molecule has 1 aliphatic rings. The summed E-state index contributed by atoms with van der Waals surface area (Å²) in [6.07, 6.45) is 0.148. The topological polar surface area (TPSA) is 49.4 Å². The summed E-state index contributed by atoms with van der Waals surface area (Å²) in [6.45, 7) is 0.671. The highest BCUT2D eigenvalue weighted by molar-refractivity contribution is 6.44. The highest BCUT2D eigenvalue weighted by Gasteiger charge is 2.36. The number of amides is 2. The third-order valence-electron chi connectivity index (χ3n) is 4.10. The van der Waals surface area contributed by atoms with Gasteiger partial charge in [-0.05, 0) is 29.8 Å². The first-order valence-electron chi connectivity index (χ1n) is 7.72. The van der Waals surface area contributed by atoms with Crippen molar-refractivity contribution in [3.63, 3.8) is 0 Å². The first-order chi connectivity index (χ1) is 12.0. The molecule has 1 atom stereocenters. The number of halogens is 3. The molecule has 2 aromatic carbocycles. The van der Waals surface area contributed by atoms with Gasteiger partial charge in [0.15, 0.2) is 0 Å². The molecule has 1 N–H and O–H groups in total. The quantitative estimate of drug-likeness (QED) is 0.835. The van der Waals surface area contributed by atoms with Crippen molar-refractivity contribution in [1.29, 1.82) is 0 Å². The lowest BCUT2D eigenvalue weighted by atomic mass is 10.1. The molecule has 0 radical (unpaired) electrons. The van der Waals surface area contributed by atoms with Crippen LogP contribution in [0.5, 0.6) is 0 Å². The van der Waals surface area contributed by atoms with Gasteiger partial charge in [-0.3, -0.25) is 9.59 Å². The van der Waals surface area contributed by atoms with E-state index in [1.807, 2.05) is 12.1 Å². The van der Waals surface area contributed by atoms with E-state index in [-0.39, 0.29) is 24.8 Å². The maximum Gasteiger partial charge on any atom is 0.227 e. The highest BCUT2D eigenvalue weighted by atomic mass is 35.5. The number of rotatable bonds is 4. The van der Waals surface area contributed by atoms with Gasteiger partial charge in [-0.25, -0.2) is 0 Å². The molecule has 0 bridgehead atoms. The van der Waals surface area contributed by atoms with E-state index < -0.39 is 5.92 Å². The van der Waals surface area contributed by atoms with Gasteiger partial charge in [0.25, 0.3) is 0 Å². The minimum absolute atomic E-state index is 0.143. The second-order valence-electron chi connectivity index (χ2n) is 5.82. The maximum atomic E-state index is 12.4. The Kier molecular flexibility index (Phi) is 5.52. The van der Waals surface area contributed by atoms with Crippen LogP contribution < -0.4 is 10.2 Å². The molecule has 0 unspecified atom stereocenters. The highest BCUT2D eigenvalue weighted by Crippen LogP contribution is 2.35. The molecule has 1 fully saturated rings. The van der Waals surface area contributed by atoms with Crippen LogP contribution in [-0.2, 0) is 16.1 Å². The number of hydrogen-bond donors (Lipinski definition) is 1. The molecular formula is C18H15Cl3N2O2. The molecule has 0 saturated carbocycles. The Morgan fingerprint density at radius 3 is 2.56 bits per heavy atom. The van der Waals surface area contributed by atoms with E-state index in [0.717, 1.165) is 5.56 Å². The van der Waals surface area contributed by atoms with Gasteiger partial charge in [0, 0.05) is 24.5 Å². The number of carbonyl (C=O) groups excluding carboxylic acids is 2. The van der Waals surface area contributed by atoms with Crippen LogP contribution in [0.25, 0.3) is 0 Å². The molecule has 2 amide bonds. The lowest BCUT2D eigenvalue weighted by Crippen LogP contribution is -2.32. The Hall–Kier alpha value is -1.75. The predicted molar refractivity (Wildman–Crippen MR) is 100 cm³/mol. The lowest BCUT2D eigenvalue weighted by molar-refractivity contribution is -0.126. The minimum Gasteiger partial charge on any atom is -0.352 e. The van der Waals surface area contributed by atoms with E-state index in [1.165, 1.54) is 4.90 Å². The van der Waals surface area contributed by atoms with Crippen LogP contribution in [0.2, 0.25) is 15.1 Å². The number of anilines is 1. The second-order valence-corrected chi connectivity index (χ2v) is 7.04. The van der Waals surface area contributed by atoms with Crippen molar-refractivity contribution in [3.8, 4) is 0 Å². The first-order valence-corrected chi connectivity index (χ1v) is 8.85. The molecule has 130 valence electrons. The summed E-state index contributed by atoms with van der Waals surface area (Å²) < 4.78 is 0. The van der Waals surface area contributed by atoms with E-state index in [9.17, 15) is 9.59 Å². The molecule has 0 spiro atoms. The SMILES string of the molecule is O=C(NCc1ccc(Cl)cc1)[C@@H]1CC(=O)N(c2cccc(Cl)c2Cl)C1. The number of carbonyl (C=O) groups is 2. The van der Waals surface area contributed by atoms with Crippen molar-refractivity contribution >= 4 is 52.3 Å². The summed E-state index contributed by atoms with van der Waals surface area (Å²) in [5, 5.41) is 4.20. The number of hydrogen-bond acceptors (Lipinski definition) is 2. The summed E-state index contributed by atoms with van der Waals surface area (Å²) in [4.78, 5) is 26.2. The largest absolute Gasteiger partial charge is 0.352 e. The first kappa shape index (κ1) is 18.1. The van der Waals surface area contributed by atoms with Crippen LogP contribution in [0, 0.1) is 5.92 Å². The van der Waals surface area contributed by atoms with Crippen LogP contribution in [-0.4, -0.2) is 18.4 Å². The van der Waals surface area contributed by atoms with Gasteiger partial charge in [0.05, 0.1) is 21.7 Å². The standard InChI is InChI=1S/C18H15Cl3N2O2/c19-13-6-4-11(5-7-13)9-22-18(25)12-8-16(24)23(10-12)15-3-1-2-14(20)17(15)21/h1-7,12H,8-10H2,(H,22,25)/t12-/m1/s1.